The van der Waals surface area contributed by atoms with Crippen LogP contribution in [0.4, 0.5) is 4.39 Å². The van der Waals surface area contributed by atoms with Gasteiger partial charge >= 0.3 is 0 Å². The van der Waals surface area contributed by atoms with Crippen molar-refractivity contribution in [2.75, 3.05) is 0 Å². The van der Waals surface area contributed by atoms with Crippen LogP contribution in [-0.4, -0.2) is 15.5 Å². The number of carbonyl (C=O) groups excluding carboxylic acids is 1. The molecule has 1 aromatic heterocycles. The lowest BCUT2D eigenvalue weighted by molar-refractivity contribution is 0.100. The molecule has 0 fully saturated rings. The van der Waals surface area contributed by atoms with Crippen LogP contribution in [0.15, 0.2) is 72.8 Å². The fraction of sp³-hybridized carbons (Fsp3) is 0.130. The maximum absolute atomic E-state index is 13.8. The van der Waals surface area contributed by atoms with Crippen LogP contribution in [0.2, 0.25) is 0 Å². The average molecular weight is 373 g/mol. The second-order valence-electron chi connectivity index (χ2n) is 6.72. The van der Waals surface area contributed by atoms with Crippen molar-refractivity contribution in [1.82, 2.24) is 9.55 Å². The Morgan fingerprint density at radius 3 is 2.54 bits per heavy atom. The number of amides is 1. The predicted molar refractivity (Wildman–Crippen MR) is 108 cm³/mol. The molecule has 0 radical (unpaired) electrons. The van der Waals surface area contributed by atoms with Gasteiger partial charge in [0.2, 0.25) is 0 Å². The third kappa shape index (κ3) is 3.51. The van der Waals surface area contributed by atoms with E-state index in [2.05, 4.69) is 17.1 Å². The molecule has 0 bridgehead atoms. The number of aromatic nitrogens is 2. The number of nitrogens with zero attached hydrogens (tertiary/aromatic N) is 2. The zero-order valence-corrected chi connectivity index (χ0v) is 15.3. The van der Waals surface area contributed by atoms with Crippen molar-refractivity contribution in [3.05, 3.63) is 89.7 Å². The molecular weight excluding hydrogens is 353 g/mol. The fourth-order valence-electron chi connectivity index (χ4n) is 3.51. The summed E-state index contributed by atoms with van der Waals surface area (Å²) in [5.41, 5.74) is 9.21. The predicted octanol–water partition coefficient (Wildman–Crippen LogP) is 4.57. The molecule has 0 aliphatic rings. The molecule has 0 spiro atoms. The maximum atomic E-state index is 13.8. The Hall–Kier alpha value is -3.47. The number of imidazole rings is 1. The summed E-state index contributed by atoms with van der Waals surface area (Å²) in [4.78, 5) is 16.5. The lowest BCUT2D eigenvalue weighted by Gasteiger charge is -2.10. The summed E-state index contributed by atoms with van der Waals surface area (Å²) in [5, 5.41) is 0. The maximum Gasteiger partial charge on any atom is 0.250 e. The summed E-state index contributed by atoms with van der Waals surface area (Å²) in [6, 6.07) is 22.0. The second kappa shape index (κ2) is 7.64. The van der Waals surface area contributed by atoms with E-state index in [1.807, 2.05) is 34.9 Å². The van der Waals surface area contributed by atoms with Gasteiger partial charge < -0.3 is 10.3 Å². The van der Waals surface area contributed by atoms with Gasteiger partial charge in [-0.15, -0.1) is 0 Å². The minimum atomic E-state index is -0.523. The number of aryl methyl sites for hydroxylation is 2. The number of carbonyl (C=O) groups is 1. The molecule has 0 aliphatic heterocycles. The standard InChI is InChI=1S/C23H20FN3O/c24-18-11-4-10-17(15-18)23-26-21-19(22(25)28)12-5-13-20(21)27(23)14-6-9-16-7-2-1-3-8-16/h1-5,7-8,10-13,15H,6,9,14H2,(H2,25,28). The van der Waals surface area contributed by atoms with Crippen LogP contribution in [0.25, 0.3) is 22.4 Å². The van der Waals surface area contributed by atoms with Gasteiger partial charge in [0.25, 0.3) is 5.91 Å². The van der Waals surface area contributed by atoms with Crippen molar-refractivity contribution in [3.63, 3.8) is 0 Å². The summed E-state index contributed by atoms with van der Waals surface area (Å²) in [7, 11) is 0. The molecular formula is C23H20FN3O. The van der Waals surface area contributed by atoms with E-state index in [0.29, 0.717) is 29.0 Å². The molecule has 3 aromatic carbocycles. The van der Waals surface area contributed by atoms with E-state index in [1.165, 1.54) is 17.7 Å². The van der Waals surface area contributed by atoms with Gasteiger partial charge in [-0.1, -0.05) is 48.5 Å². The van der Waals surface area contributed by atoms with Crippen molar-refractivity contribution < 1.29 is 9.18 Å². The topological polar surface area (TPSA) is 60.9 Å². The van der Waals surface area contributed by atoms with Gasteiger partial charge in [0.05, 0.1) is 11.1 Å². The molecule has 0 saturated heterocycles. The van der Waals surface area contributed by atoms with Crippen LogP contribution in [0.3, 0.4) is 0 Å². The van der Waals surface area contributed by atoms with E-state index in [4.69, 9.17) is 5.73 Å². The number of rotatable bonds is 6. The van der Waals surface area contributed by atoms with Crippen LogP contribution in [-0.2, 0) is 13.0 Å². The molecule has 4 rings (SSSR count). The Morgan fingerprint density at radius 1 is 1.00 bits per heavy atom. The number of benzene rings is 3. The van der Waals surface area contributed by atoms with Gasteiger partial charge in [0.1, 0.15) is 17.2 Å². The number of fused-ring (bicyclic) bond motifs is 1. The molecule has 140 valence electrons. The van der Waals surface area contributed by atoms with Crippen LogP contribution in [0.1, 0.15) is 22.3 Å². The Kier molecular flexibility index (Phi) is 4.89. The zero-order chi connectivity index (χ0) is 19.5. The fourth-order valence-corrected chi connectivity index (χ4v) is 3.51. The molecule has 0 aliphatic carbocycles. The minimum Gasteiger partial charge on any atom is -0.366 e. The largest absolute Gasteiger partial charge is 0.366 e. The first kappa shape index (κ1) is 17.9. The first-order chi connectivity index (χ1) is 13.6. The van der Waals surface area contributed by atoms with E-state index in [1.54, 1.807) is 18.2 Å². The first-order valence-corrected chi connectivity index (χ1v) is 9.22. The molecule has 1 heterocycles. The van der Waals surface area contributed by atoms with Crippen molar-refractivity contribution in [3.8, 4) is 11.4 Å². The number of para-hydroxylation sites is 1. The molecule has 0 unspecified atom stereocenters. The number of nitrogens with two attached hydrogens (primary N) is 1. The van der Waals surface area contributed by atoms with E-state index in [-0.39, 0.29) is 5.82 Å². The number of primary amides is 1. The Bertz CT molecular complexity index is 1140. The normalized spacial score (nSPS) is 11.0. The third-order valence-electron chi connectivity index (χ3n) is 4.82. The van der Waals surface area contributed by atoms with Crippen LogP contribution >= 0.6 is 0 Å². The van der Waals surface area contributed by atoms with Crippen molar-refractivity contribution in [1.29, 1.82) is 0 Å². The Morgan fingerprint density at radius 2 is 1.79 bits per heavy atom. The first-order valence-electron chi connectivity index (χ1n) is 9.22. The summed E-state index contributed by atoms with van der Waals surface area (Å²) in [6.07, 6.45) is 1.80. The van der Waals surface area contributed by atoms with Crippen LogP contribution in [0.5, 0.6) is 0 Å². The summed E-state index contributed by atoms with van der Waals surface area (Å²) in [6.45, 7) is 0.694. The van der Waals surface area contributed by atoms with Crippen molar-refractivity contribution >= 4 is 16.9 Å². The van der Waals surface area contributed by atoms with E-state index in [0.717, 1.165) is 18.4 Å². The Balaban J connectivity index is 1.76. The number of hydrogen-bond donors (Lipinski definition) is 1. The van der Waals surface area contributed by atoms with Gasteiger partial charge in [-0.25, -0.2) is 9.37 Å². The highest BCUT2D eigenvalue weighted by Gasteiger charge is 2.17. The molecule has 2 N–H and O–H groups in total. The van der Waals surface area contributed by atoms with Crippen LogP contribution in [0, 0.1) is 5.82 Å². The molecule has 1 amide bonds. The summed E-state index contributed by atoms with van der Waals surface area (Å²) in [5.74, 6) is -0.211. The summed E-state index contributed by atoms with van der Waals surface area (Å²) < 4.78 is 15.9. The lowest BCUT2D eigenvalue weighted by Crippen LogP contribution is -2.11. The second-order valence-corrected chi connectivity index (χ2v) is 6.72. The minimum absolute atomic E-state index is 0.324. The van der Waals surface area contributed by atoms with E-state index in [9.17, 15) is 9.18 Å². The monoisotopic (exact) mass is 373 g/mol. The molecule has 0 saturated carbocycles. The van der Waals surface area contributed by atoms with Crippen LogP contribution < -0.4 is 5.73 Å². The molecule has 28 heavy (non-hydrogen) atoms. The smallest absolute Gasteiger partial charge is 0.250 e. The molecule has 4 nitrogen and oxygen atoms in total. The zero-order valence-electron chi connectivity index (χ0n) is 15.3. The SMILES string of the molecule is NC(=O)c1cccc2c1nc(-c1cccc(F)c1)n2CCCc1ccccc1. The number of hydrogen-bond acceptors (Lipinski definition) is 2. The van der Waals surface area contributed by atoms with E-state index < -0.39 is 5.91 Å². The van der Waals surface area contributed by atoms with Crippen molar-refractivity contribution in [2.24, 2.45) is 5.73 Å². The highest BCUT2D eigenvalue weighted by molar-refractivity contribution is 6.04. The average Bonchev–Trinajstić information content (AvgIpc) is 3.07. The molecule has 4 aromatic rings. The highest BCUT2D eigenvalue weighted by atomic mass is 19.1. The quantitative estimate of drug-likeness (QED) is 0.538. The van der Waals surface area contributed by atoms with Crippen molar-refractivity contribution in [2.45, 2.75) is 19.4 Å². The lowest BCUT2D eigenvalue weighted by atomic mass is 10.1. The van der Waals surface area contributed by atoms with Gasteiger partial charge in [-0.2, -0.15) is 0 Å². The number of halogens is 1. The highest BCUT2D eigenvalue weighted by Crippen LogP contribution is 2.28. The molecule has 0 atom stereocenters. The van der Waals surface area contributed by atoms with Gasteiger partial charge in [0.15, 0.2) is 0 Å². The van der Waals surface area contributed by atoms with Gasteiger partial charge in [-0.3, -0.25) is 4.79 Å². The van der Waals surface area contributed by atoms with E-state index >= 15 is 0 Å². The third-order valence-corrected chi connectivity index (χ3v) is 4.82. The summed E-state index contributed by atoms with van der Waals surface area (Å²) >= 11 is 0. The van der Waals surface area contributed by atoms with Gasteiger partial charge in [0, 0.05) is 12.1 Å². The Labute approximate surface area is 162 Å². The van der Waals surface area contributed by atoms with Gasteiger partial charge in [-0.05, 0) is 42.7 Å². The molecule has 5 heteroatoms.